The number of nitrogens with one attached hydrogen (secondary N) is 1. The summed E-state index contributed by atoms with van der Waals surface area (Å²) in [6, 6.07) is 13.4. The summed E-state index contributed by atoms with van der Waals surface area (Å²) in [4.78, 5) is 0. The van der Waals surface area contributed by atoms with Gasteiger partial charge in [0.25, 0.3) is 0 Å². The molecule has 20 heavy (non-hydrogen) atoms. The Bertz CT molecular complexity index is 586. The van der Waals surface area contributed by atoms with Crippen molar-refractivity contribution in [3.63, 3.8) is 0 Å². The Kier molecular flexibility index (Phi) is 4.88. The van der Waals surface area contributed by atoms with E-state index in [1.165, 1.54) is 0 Å². The van der Waals surface area contributed by atoms with Crippen molar-refractivity contribution in [1.82, 2.24) is 5.32 Å². The Labute approximate surface area is 124 Å². The topological polar surface area (TPSA) is 41.5 Å². The summed E-state index contributed by atoms with van der Waals surface area (Å²) in [6.45, 7) is 2.61. The highest BCUT2D eigenvalue weighted by molar-refractivity contribution is 6.32. The summed E-state index contributed by atoms with van der Waals surface area (Å²) in [5, 5.41) is 13.6. The van der Waals surface area contributed by atoms with Gasteiger partial charge in [0.15, 0.2) is 0 Å². The highest BCUT2D eigenvalue weighted by Gasteiger charge is 2.09. The Morgan fingerprint density at radius 1 is 1.25 bits per heavy atom. The lowest BCUT2D eigenvalue weighted by Gasteiger charge is -2.16. The quantitative estimate of drug-likeness (QED) is 0.878. The maximum Gasteiger partial charge on any atom is 0.138 e. The molecule has 1 atom stereocenters. The van der Waals surface area contributed by atoms with Gasteiger partial charge in [0, 0.05) is 18.2 Å². The first-order valence-corrected chi connectivity index (χ1v) is 6.83. The van der Waals surface area contributed by atoms with Crippen molar-refractivity contribution in [2.24, 2.45) is 0 Å². The fourth-order valence-corrected chi connectivity index (χ4v) is 2.19. The number of methoxy groups -OCH3 is 1. The van der Waals surface area contributed by atoms with Gasteiger partial charge in [-0.15, -0.1) is 0 Å². The number of hydrogen-bond donors (Lipinski definition) is 2. The van der Waals surface area contributed by atoms with Gasteiger partial charge >= 0.3 is 0 Å². The largest absolute Gasteiger partial charge is 0.506 e. The van der Waals surface area contributed by atoms with Gasteiger partial charge in [0.1, 0.15) is 11.5 Å². The van der Waals surface area contributed by atoms with Crippen molar-refractivity contribution in [2.75, 3.05) is 7.11 Å². The van der Waals surface area contributed by atoms with Crippen LogP contribution in [0.1, 0.15) is 24.1 Å². The smallest absolute Gasteiger partial charge is 0.138 e. The van der Waals surface area contributed by atoms with Crippen molar-refractivity contribution in [3.05, 3.63) is 58.6 Å². The number of phenols is 1. The van der Waals surface area contributed by atoms with Crippen molar-refractivity contribution >= 4 is 11.6 Å². The number of ether oxygens (including phenoxy) is 1. The van der Waals surface area contributed by atoms with Gasteiger partial charge in [-0.05, 0) is 30.7 Å². The first-order valence-electron chi connectivity index (χ1n) is 6.45. The van der Waals surface area contributed by atoms with Crippen molar-refractivity contribution in [1.29, 1.82) is 0 Å². The summed E-state index contributed by atoms with van der Waals surface area (Å²) in [5.41, 5.74) is 1.91. The molecule has 0 fully saturated rings. The average molecular weight is 292 g/mol. The molecule has 0 saturated carbocycles. The number of halogens is 1. The Hall–Kier alpha value is -1.71. The van der Waals surface area contributed by atoms with Gasteiger partial charge in [-0.3, -0.25) is 0 Å². The van der Waals surface area contributed by atoms with Crippen LogP contribution in [0.25, 0.3) is 0 Å². The zero-order valence-electron chi connectivity index (χ0n) is 11.6. The first kappa shape index (κ1) is 14.7. The van der Waals surface area contributed by atoms with E-state index in [4.69, 9.17) is 16.3 Å². The molecule has 3 nitrogen and oxygen atoms in total. The monoisotopic (exact) mass is 291 g/mol. The molecule has 0 aromatic heterocycles. The predicted molar refractivity (Wildman–Crippen MR) is 81.4 cm³/mol. The summed E-state index contributed by atoms with van der Waals surface area (Å²) in [6.07, 6.45) is 0. The zero-order valence-corrected chi connectivity index (χ0v) is 12.3. The molecule has 2 aromatic carbocycles. The molecule has 0 radical (unpaired) electrons. The molecular formula is C16H18ClNO2. The molecule has 106 valence electrons. The Morgan fingerprint density at radius 2 is 2.00 bits per heavy atom. The third-order valence-corrected chi connectivity index (χ3v) is 3.57. The van der Waals surface area contributed by atoms with Gasteiger partial charge in [-0.25, -0.2) is 0 Å². The second-order valence-corrected chi connectivity index (χ2v) is 5.03. The van der Waals surface area contributed by atoms with Crippen LogP contribution in [0.3, 0.4) is 0 Å². The third kappa shape index (κ3) is 3.44. The molecule has 2 aromatic rings. The van der Waals surface area contributed by atoms with Crippen molar-refractivity contribution < 1.29 is 9.84 Å². The zero-order chi connectivity index (χ0) is 14.5. The Balaban J connectivity index is 2.04. The van der Waals surface area contributed by atoms with Crippen LogP contribution in [0.15, 0.2) is 42.5 Å². The van der Waals surface area contributed by atoms with E-state index >= 15 is 0 Å². The second kappa shape index (κ2) is 6.64. The van der Waals surface area contributed by atoms with E-state index in [9.17, 15) is 5.11 Å². The van der Waals surface area contributed by atoms with Gasteiger partial charge < -0.3 is 15.2 Å². The van der Waals surface area contributed by atoms with Gasteiger partial charge in [-0.1, -0.05) is 35.9 Å². The summed E-state index contributed by atoms with van der Waals surface area (Å²) >= 11 is 5.89. The highest BCUT2D eigenvalue weighted by Crippen LogP contribution is 2.27. The number of para-hydroxylation sites is 1. The van der Waals surface area contributed by atoms with Crippen LogP contribution in [0, 0.1) is 0 Å². The molecular weight excluding hydrogens is 274 g/mol. The molecule has 0 aliphatic heterocycles. The van der Waals surface area contributed by atoms with E-state index in [1.54, 1.807) is 13.2 Å². The average Bonchev–Trinajstić information content (AvgIpc) is 2.48. The van der Waals surface area contributed by atoms with Crippen molar-refractivity contribution in [2.45, 2.75) is 19.5 Å². The van der Waals surface area contributed by atoms with Crippen molar-refractivity contribution in [3.8, 4) is 11.5 Å². The molecule has 0 amide bonds. The maximum atomic E-state index is 9.87. The lowest BCUT2D eigenvalue weighted by atomic mass is 10.1. The standard InChI is InChI=1S/C16H18ClNO2/c1-11(12-5-3-7-14(9-12)20-2)18-10-13-6-4-8-15(17)16(13)19/h3-9,11,18-19H,10H2,1-2H3. The summed E-state index contributed by atoms with van der Waals surface area (Å²) in [7, 11) is 1.65. The highest BCUT2D eigenvalue weighted by atomic mass is 35.5. The maximum absolute atomic E-state index is 9.87. The van der Waals surface area contributed by atoms with E-state index in [2.05, 4.69) is 12.2 Å². The van der Waals surface area contributed by atoms with E-state index in [1.807, 2.05) is 36.4 Å². The van der Waals surface area contributed by atoms with Crippen LogP contribution in [0.4, 0.5) is 0 Å². The van der Waals surface area contributed by atoms with Crippen LogP contribution in [0.2, 0.25) is 5.02 Å². The van der Waals surface area contributed by atoms with Crippen LogP contribution < -0.4 is 10.1 Å². The number of aromatic hydroxyl groups is 1. The van der Waals surface area contributed by atoms with E-state index in [0.29, 0.717) is 11.6 Å². The lowest BCUT2D eigenvalue weighted by Crippen LogP contribution is -2.18. The minimum absolute atomic E-state index is 0.138. The lowest BCUT2D eigenvalue weighted by molar-refractivity contribution is 0.413. The van der Waals surface area contributed by atoms with E-state index in [-0.39, 0.29) is 11.8 Å². The first-order chi connectivity index (χ1) is 9.61. The predicted octanol–water partition coefficient (Wildman–Crippen LogP) is 3.91. The minimum atomic E-state index is 0.138. The van der Waals surface area contributed by atoms with E-state index < -0.39 is 0 Å². The molecule has 0 aliphatic rings. The molecule has 0 aliphatic carbocycles. The molecule has 2 rings (SSSR count). The van der Waals surface area contributed by atoms with Crippen LogP contribution >= 0.6 is 11.6 Å². The van der Waals surface area contributed by atoms with Crippen LogP contribution in [0.5, 0.6) is 11.5 Å². The van der Waals surface area contributed by atoms with Gasteiger partial charge in [0.2, 0.25) is 0 Å². The van der Waals surface area contributed by atoms with Crippen LogP contribution in [-0.4, -0.2) is 12.2 Å². The molecule has 1 unspecified atom stereocenters. The van der Waals surface area contributed by atoms with E-state index in [0.717, 1.165) is 16.9 Å². The Morgan fingerprint density at radius 3 is 2.75 bits per heavy atom. The van der Waals surface area contributed by atoms with Gasteiger partial charge in [-0.2, -0.15) is 0 Å². The number of benzene rings is 2. The SMILES string of the molecule is COc1cccc(C(C)NCc2cccc(Cl)c2O)c1. The molecule has 4 heteroatoms. The number of hydrogen-bond acceptors (Lipinski definition) is 3. The summed E-state index contributed by atoms with van der Waals surface area (Å²) in [5.74, 6) is 0.973. The normalized spacial score (nSPS) is 12.2. The molecule has 0 bridgehead atoms. The summed E-state index contributed by atoms with van der Waals surface area (Å²) < 4.78 is 5.22. The molecule has 2 N–H and O–H groups in total. The molecule has 0 spiro atoms. The number of rotatable bonds is 5. The fraction of sp³-hybridized carbons (Fsp3) is 0.250. The number of phenolic OH excluding ortho intramolecular Hbond substituents is 1. The second-order valence-electron chi connectivity index (χ2n) is 4.63. The fourth-order valence-electron chi connectivity index (χ4n) is 1.99. The molecule has 0 saturated heterocycles. The van der Waals surface area contributed by atoms with Crippen LogP contribution in [-0.2, 0) is 6.54 Å². The van der Waals surface area contributed by atoms with Gasteiger partial charge in [0.05, 0.1) is 12.1 Å². The third-order valence-electron chi connectivity index (χ3n) is 3.26. The molecule has 0 heterocycles. The minimum Gasteiger partial charge on any atom is -0.506 e.